The van der Waals surface area contributed by atoms with Crippen LogP contribution in [0.2, 0.25) is 0 Å². The Morgan fingerprint density at radius 1 is 1.41 bits per heavy atom. The Morgan fingerprint density at radius 2 is 2.12 bits per heavy atom. The third-order valence-corrected chi connectivity index (χ3v) is 3.33. The quantitative estimate of drug-likeness (QED) is 0.522. The van der Waals surface area contributed by atoms with Gasteiger partial charge in [0.1, 0.15) is 0 Å². The van der Waals surface area contributed by atoms with Crippen molar-refractivity contribution < 1.29 is 0 Å². The van der Waals surface area contributed by atoms with Crippen LogP contribution in [-0.2, 0) is 0 Å². The van der Waals surface area contributed by atoms with E-state index < -0.39 is 0 Å². The predicted octanol–water partition coefficient (Wildman–Crippen LogP) is 1.43. The summed E-state index contributed by atoms with van der Waals surface area (Å²) in [7, 11) is 2.17. The second kappa shape index (κ2) is 7.54. The zero-order valence-electron chi connectivity index (χ0n) is 11.8. The number of aliphatic imine (C=N–C) groups is 1. The van der Waals surface area contributed by atoms with E-state index in [0.717, 1.165) is 25.6 Å². The topological polar surface area (TPSA) is 39.7 Å². The van der Waals surface area contributed by atoms with Crippen LogP contribution in [0.3, 0.4) is 0 Å². The monoisotopic (exact) mass is 240 g/mol. The van der Waals surface area contributed by atoms with E-state index in [0.29, 0.717) is 12.1 Å². The Kier molecular flexibility index (Phi) is 6.34. The van der Waals surface area contributed by atoms with Crippen LogP contribution in [0.1, 0.15) is 40.0 Å². The first-order valence-corrected chi connectivity index (χ1v) is 6.92. The van der Waals surface area contributed by atoms with E-state index in [1.54, 1.807) is 0 Å². The first-order valence-electron chi connectivity index (χ1n) is 6.92. The Bertz CT molecular complexity index is 236. The van der Waals surface area contributed by atoms with Gasteiger partial charge in [-0.3, -0.25) is 4.99 Å². The summed E-state index contributed by atoms with van der Waals surface area (Å²) in [6, 6.07) is 1.31. The van der Waals surface area contributed by atoms with Crippen molar-refractivity contribution in [3.63, 3.8) is 0 Å². The second-order valence-electron chi connectivity index (χ2n) is 4.92. The second-order valence-corrected chi connectivity index (χ2v) is 4.92. The molecule has 0 amide bonds. The van der Waals surface area contributed by atoms with Crippen LogP contribution in [0.25, 0.3) is 0 Å². The molecule has 4 heteroatoms. The molecule has 1 fully saturated rings. The van der Waals surface area contributed by atoms with Gasteiger partial charge in [0.25, 0.3) is 0 Å². The summed E-state index contributed by atoms with van der Waals surface area (Å²) in [5, 5.41) is 6.72. The zero-order chi connectivity index (χ0) is 12.7. The number of rotatable bonds is 7. The lowest BCUT2D eigenvalue weighted by Gasteiger charge is -2.22. The van der Waals surface area contributed by atoms with Crippen molar-refractivity contribution in [2.75, 3.05) is 26.7 Å². The van der Waals surface area contributed by atoms with Crippen LogP contribution in [0.4, 0.5) is 0 Å². The molecule has 1 atom stereocenters. The van der Waals surface area contributed by atoms with Crippen molar-refractivity contribution >= 4 is 5.96 Å². The summed E-state index contributed by atoms with van der Waals surface area (Å²) in [4.78, 5) is 6.97. The summed E-state index contributed by atoms with van der Waals surface area (Å²) in [6.45, 7) is 9.41. The minimum Gasteiger partial charge on any atom is -0.357 e. The van der Waals surface area contributed by atoms with Gasteiger partial charge in [-0.1, -0.05) is 6.92 Å². The summed E-state index contributed by atoms with van der Waals surface area (Å²) >= 11 is 0. The van der Waals surface area contributed by atoms with Crippen LogP contribution >= 0.6 is 0 Å². The molecule has 0 bridgehead atoms. The lowest BCUT2D eigenvalue weighted by Crippen LogP contribution is -2.39. The van der Waals surface area contributed by atoms with E-state index in [9.17, 15) is 0 Å². The molecule has 0 aromatic rings. The minimum atomic E-state index is 0.643. The van der Waals surface area contributed by atoms with Crippen LogP contribution in [-0.4, -0.2) is 49.6 Å². The molecule has 1 aliphatic carbocycles. The smallest absolute Gasteiger partial charge is 0.191 e. The maximum Gasteiger partial charge on any atom is 0.191 e. The first kappa shape index (κ1) is 14.3. The number of likely N-dealkylation sites (N-methyl/N-ethyl adjacent to an activating group) is 1. The number of hydrogen-bond donors (Lipinski definition) is 2. The van der Waals surface area contributed by atoms with Crippen LogP contribution < -0.4 is 10.6 Å². The van der Waals surface area contributed by atoms with Gasteiger partial charge < -0.3 is 15.5 Å². The SMILES string of the molecule is CCNC(=NCCN(C)C(C)CC)NC1CC1. The molecule has 2 N–H and O–H groups in total. The lowest BCUT2D eigenvalue weighted by molar-refractivity contribution is 0.259. The van der Waals surface area contributed by atoms with Crippen LogP contribution in [0.15, 0.2) is 4.99 Å². The maximum atomic E-state index is 4.60. The number of hydrogen-bond acceptors (Lipinski definition) is 2. The lowest BCUT2D eigenvalue weighted by atomic mass is 10.2. The Balaban J connectivity index is 2.26. The molecular formula is C13H28N4. The molecule has 0 aromatic heterocycles. The summed E-state index contributed by atoms with van der Waals surface area (Å²) < 4.78 is 0. The summed E-state index contributed by atoms with van der Waals surface area (Å²) in [5.74, 6) is 0.979. The van der Waals surface area contributed by atoms with Gasteiger partial charge >= 0.3 is 0 Å². The minimum absolute atomic E-state index is 0.643. The van der Waals surface area contributed by atoms with Gasteiger partial charge in [0.15, 0.2) is 5.96 Å². The van der Waals surface area contributed by atoms with Crippen LogP contribution in [0, 0.1) is 0 Å². The molecule has 1 unspecified atom stereocenters. The van der Waals surface area contributed by atoms with Gasteiger partial charge in [-0.05, 0) is 40.2 Å². The number of nitrogens with one attached hydrogen (secondary N) is 2. The molecular weight excluding hydrogens is 212 g/mol. The fraction of sp³-hybridized carbons (Fsp3) is 0.923. The average Bonchev–Trinajstić information content (AvgIpc) is 3.12. The van der Waals surface area contributed by atoms with E-state index in [-0.39, 0.29) is 0 Å². The highest BCUT2D eigenvalue weighted by atomic mass is 15.2. The first-order chi connectivity index (χ1) is 8.17. The molecule has 0 saturated heterocycles. The maximum absolute atomic E-state index is 4.60. The third-order valence-electron chi connectivity index (χ3n) is 3.33. The zero-order valence-corrected chi connectivity index (χ0v) is 11.8. The van der Waals surface area contributed by atoms with Gasteiger partial charge in [0.05, 0.1) is 6.54 Å². The molecule has 0 radical (unpaired) electrons. The number of guanidine groups is 1. The molecule has 17 heavy (non-hydrogen) atoms. The largest absolute Gasteiger partial charge is 0.357 e. The molecule has 1 rings (SSSR count). The molecule has 1 aliphatic rings. The van der Waals surface area contributed by atoms with Crippen molar-refractivity contribution in [2.45, 2.75) is 52.1 Å². The molecule has 0 aliphatic heterocycles. The molecule has 4 nitrogen and oxygen atoms in total. The fourth-order valence-corrected chi connectivity index (χ4v) is 1.59. The third kappa shape index (κ3) is 5.91. The van der Waals surface area contributed by atoms with Crippen molar-refractivity contribution in [3.8, 4) is 0 Å². The Morgan fingerprint density at radius 3 is 2.65 bits per heavy atom. The summed E-state index contributed by atoms with van der Waals surface area (Å²) in [6.07, 6.45) is 3.77. The Hall–Kier alpha value is -0.770. The van der Waals surface area contributed by atoms with E-state index in [2.05, 4.69) is 48.3 Å². The fourth-order valence-electron chi connectivity index (χ4n) is 1.59. The summed E-state index contributed by atoms with van der Waals surface area (Å²) in [5.41, 5.74) is 0. The van der Waals surface area contributed by atoms with Gasteiger partial charge in [-0.25, -0.2) is 0 Å². The van der Waals surface area contributed by atoms with Crippen molar-refractivity contribution in [3.05, 3.63) is 0 Å². The standard InChI is InChI=1S/C13H28N4/c1-5-11(3)17(4)10-9-15-13(14-6-2)16-12-7-8-12/h11-12H,5-10H2,1-4H3,(H2,14,15,16). The highest BCUT2D eigenvalue weighted by Gasteiger charge is 2.21. The van der Waals surface area contributed by atoms with E-state index in [1.165, 1.54) is 19.3 Å². The predicted molar refractivity (Wildman–Crippen MR) is 74.5 cm³/mol. The van der Waals surface area contributed by atoms with Gasteiger partial charge in [-0.2, -0.15) is 0 Å². The van der Waals surface area contributed by atoms with E-state index in [1.807, 2.05) is 0 Å². The highest BCUT2D eigenvalue weighted by molar-refractivity contribution is 5.80. The highest BCUT2D eigenvalue weighted by Crippen LogP contribution is 2.18. The van der Waals surface area contributed by atoms with E-state index >= 15 is 0 Å². The van der Waals surface area contributed by atoms with Crippen molar-refractivity contribution in [2.24, 2.45) is 4.99 Å². The van der Waals surface area contributed by atoms with Gasteiger partial charge in [0.2, 0.25) is 0 Å². The average molecular weight is 240 g/mol. The molecule has 0 heterocycles. The van der Waals surface area contributed by atoms with Crippen LogP contribution in [0.5, 0.6) is 0 Å². The molecule has 0 aromatic carbocycles. The van der Waals surface area contributed by atoms with Gasteiger partial charge in [-0.15, -0.1) is 0 Å². The van der Waals surface area contributed by atoms with Crippen molar-refractivity contribution in [1.29, 1.82) is 0 Å². The molecule has 1 saturated carbocycles. The van der Waals surface area contributed by atoms with Crippen molar-refractivity contribution in [1.82, 2.24) is 15.5 Å². The Labute approximate surface area is 106 Å². The molecule has 100 valence electrons. The molecule has 0 spiro atoms. The number of nitrogens with zero attached hydrogens (tertiary/aromatic N) is 2. The normalized spacial score (nSPS) is 18.3. The van der Waals surface area contributed by atoms with Gasteiger partial charge in [0, 0.05) is 25.2 Å². The van der Waals surface area contributed by atoms with E-state index in [4.69, 9.17) is 0 Å².